The molecule has 0 saturated heterocycles. The molecule has 0 saturated carbocycles. The molecule has 0 aliphatic rings. The van der Waals surface area contributed by atoms with Crippen LogP contribution in [0.5, 0.6) is 0 Å². The zero-order chi connectivity index (χ0) is 10.6. The molecule has 0 unspecified atom stereocenters. The van der Waals surface area contributed by atoms with Gasteiger partial charge in [-0.15, -0.1) is 0 Å². The summed E-state index contributed by atoms with van der Waals surface area (Å²) in [6, 6.07) is 5.64. The number of methoxy groups -OCH3 is 1. The monoisotopic (exact) mass is 320 g/mol. The maximum Gasteiger partial charge on any atom is 0.338 e. The molecule has 0 aliphatic heterocycles. The van der Waals surface area contributed by atoms with E-state index in [1.165, 1.54) is 12.7 Å². The average Bonchev–Trinajstić information content (AvgIpc) is 2.17. The van der Waals surface area contributed by atoms with E-state index >= 15 is 0 Å². The van der Waals surface area contributed by atoms with Gasteiger partial charge in [-0.2, -0.15) is 0 Å². The lowest BCUT2D eigenvalue weighted by molar-refractivity contribution is 0.0599. The average molecular weight is 322 g/mol. The Morgan fingerprint density at radius 1 is 1.50 bits per heavy atom. The molecule has 14 heavy (non-hydrogen) atoms. The lowest BCUT2D eigenvalue weighted by Crippen LogP contribution is -2.02. The topological polar surface area (TPSA) is 26.3 Å². The molecule has 0 fully saturated rings. The number of benzene rings is 1. The van der Waals surface area contributed by atoms with Crippen molar-refractivity contribution in [2.24, 2.45) is 0 Å². The van der Waals surface area contributed by atoms with Crippen LogP contribution in [0.1, 0.15) is 15.9 Å². The first kappa shape index (κ1) is 11.7. The van der Waals surface area contributed by atoms with E-state index in [1.807, 2.05) is 12.1 Å². The Morgan fingerprint density at radius 2 is 2.21 bits per heavy atom. The van der Waals surface area contributed by atoms with Gasteiger partial charge in [-0.1, -0.05) is 22.0 Å². The normalized spacial score (nSPS) is 9.93. The summed E-state index contributed by atoms with van der Waals surface area (Å²) in [6.45, 7) is 0. The maximum absolute atomic E-state index is 11.2. The van der Waals surface area contributed by atoms with Crippen LogP contribution in [0, 0.1) is 0 Å². The minimum Gasteiger partial charge on any atom is -0.465 e. The van der Waals surface area contributed by atoms with Crippen LogP contribution >= 0.6 is 31.9 Å². The van der Waals surface area contributed by atoms with Gasteiger partial charge in [0, 0.05) is 9.80 Å². The van der Waals surface area contributed by atoms with Crippen LogP contribution in [-0.2, 0) is 11.2 Å². The molecule has 76 valence electrons. The second kappa shape index (κ2) is 5.51. The molecule has 2 nitrogen and oxygen atoms in total. The van der Waals surface area contributed by atoms with Crippen LogP contribution in [0.3, 0.4) is 0 Å². The molecule has 1 rings (SSSR count). The van der Waals surface area contributed by atoms with Gasteiger partial charge in [-0.25, -0.2) is 4.79 Å². The van der Waals surface area contributed by atoms with Gasteiger partial charge in [0.25, 0.3) is 0 Å². The Hall–Kier alpha value is -0.350. The first-order valence-corrected chi connectivity index (χ1v) is 6.03. The minimum absolute atomic E-state index is 0.317. The number of hydrogen-bond donors (Lipinski definition) is 0. The fraction of sp³-hybridized carbons (Fsp3) is 0.300. The lowest BCUT2D eigenvalue weighted by atomic mass is 10.1. The summed E-state index contributed by atoms with van der Waals surface area (Å²) < 4.78 is 5.42. The first-order valence-electron chi connectivity index (χ1n) is 4.11. The van der Waals surface area contributed by atoms with Crippen LogP contribution in [0.2, 0.25) is 0 Å². The van der Waals surface area contributed by atoms with Crippen molar-refractivity contribution in [2.45, 2.75) is 6.42 Å². The van der Waals surface area contributed by atoms with Crippen molar-refractivity contribution in [3.05, 3.63) is 33.8 Å². The van der Waals surface area contributed by atoms with E-state index in [1.54, 1.807) is 6.07 Å². The number of esters is 1. The molecule has 1 aromatic rings. The highest BCUT2D eigenvalue weighted by molar-refractivity contribution is 9.10. The summed E-state index contributed by atoms with van der Waals surface area (Å²) in [5.74, 6) is -0.317. The largest absolute Gasteiger partial charge is 0.465 e. The van der Waals surface area contributed by atoms with Gasteiger partial charge in [-0.05, 0) is 40.0 Å². The van der Waals surface area contributed by atoms with Gasteiger partial charge in [0.2, 0.25) is 0 Å². The molecule has 0 spiro atoms. The van der Waals surface area contributed by atoms with Crippen molar-refractivity contribution in [2.75, 3.05) is 12.4 Å². The molecule has 1 aromatic carbocycles. The van der Waals surface area contributed by atoms with Crippen LogP contribution in [0.15, 0.2) is 22.7 Å². The number of rotatable bonds is 3. The molecule has 0 aliphatic carbocycles. The summed E-state index contributed by atoms with van der Waals surface area (Å²) in [4.78, 5) is 11.2. The summed E-state index contributed by atoms with van der Waals surface area (Å²) in [6.07, 6.45) is 0.944. The highest BCUT2D eigenvalue weighted by Gasteiger charge is 2.09. The SMILES string of the molecule is COC(=O)c1ccc(CCBr)cc1Br. The molecule has 4 heteroatoms. The van der Waals surface area contributed by atoms with Gasteiger partial charge >= 0.3 is 5.97 Å². The number of halogens is 2. The van der Waals surface area contributed by atoms with Gasteiger partial charge in [0.05, 0.1) is 12.7 Å². The first-order chi connectivity index (χ1) is 6.69. The van der Waals surface area contributed by atoms with Crippen LogP contribution in [0.4, 0.5) is 0 Å². The highest BCUT2D eigenvalue weighted by Crippen LogP contribution is 2.20. The quantitative estimate of drug-likeness (QED) is 0.631. The zero-order valence-corrected chi connectivity index (χ0v) is 10.9. The summed E-state index contributed by atoms with van der Waals surface area (Å²) in [5, 5.41) is 0.914. The standard InChI is InChI=1S/C10H10Br2O2/c1-14-10(13)8-3-2-7(4-5-11)6-9(8)12/h2-3,6H,4-5H2,1H3. The van der Waals surface area contributed by atoms with Gasteiger partial charge < -0.3 is 4.74 Å². The van der Waals surface area contributed by atoms with Crippen molar-refractivity contribution >= 4 is 37.8 Å². The smallest absolute Gasteiger partial charge is 0.338 e. The fourth-order valence-corrected chi connectivity index (χ4v) is 2.14. The fourth-order valence-electron chi connectivity index (χ4n) is 1.10. The van der Waals surface area contributed by atoms with E-state index in [0.717, 1.165) is 16.2 Å². The van der Waals surface area contributed by atoms with Crippen molar-refractivity contribution in [3.8, 4) is 0 Å². The minimum atomic E-state index is -0.317. The Kier molecular flexibility index (Phi) is 4.62. The van der Waals surface area contributed by atoms with E-state index in [-0.39, 0.29) is 5.97 Å². The van der Waals surface area contributed by atoms with Gasteiger partial charge in [-0.3, -0.25) is 0 Å². The molecule has 0 bridgehead atoms. The third-order valence-corrected chi connectivity index (χ3v) is 2.87. The molecule has 0 aromatic heterocycles. The Bertz CT molecular complexity index is 337. The van der Waals surface area contributed by atoms with Crippen LogP contribution in [0.25, 0.3) is 0 Å². The number of carbonyl (C=O) groups is 1. The van der Waals surface area contributed by atoms with E-state index < -0.39 is 0 Å². The summed E-state index contributed by atoms with van der Waals surface area (Å²) in [7, 11) is 1.38. The Balaban J connectivity index is 2.95. The van der Waals surface area contributed by atoms with Gasteiger partial charge in [0.15, 0.2) is 0 Å². The van der Waals surface area contributed by atoms with Gasteiger partial charge in [0.1, 0.15) is 0 Å². The van der Waals surface area contributed by atoms with E-state index in [0.29, 0.717) is 5.56 Å². The van der Waals surface area contributed by atoms with E-state index in [4.69, 9.17) is 0 Å². The number of carbonyl (C=O) groups excluding carboxylic acids is 1. The third-order valence-electron chi connectivity index (χ3n) is 1.82. The molecule has 0 heterocycles. The van der Waals surface area contributed by atoms with E-state index in [9.17, 15) is 4.79 Å². The highest BCUT2D eigenvalue weighted by atomic mass is 79.9. The zero-order valence-electron chi connectivity index (χ0n) is 7.72. The molecule has 0 radical (unpaired) electrons. The number of alkyl halides is 1. The van der Waals surface area contributed by atoms with Crippen LogP contribution < -0.4 is 0 Å². The van der Waals surface area contributed by atoms with Crippen molar-refractivity contribution < 1.29 is 9.53 Å². The summed E-state index contributed by atoms with van der Waals surface area (Å²) in [5.41, 5.74) is 1.74. The Morgan fingerprint density at radius 3 is 2.71 bits per heavy atom. The van der Waals surface area contributed by atoms with Crippen molar-refractivity contribution in [1.82, 2.24) is 0 Å². The molecule has 0 amide bonds. The Labute approximate surface area is 99.9 Å². The molecular formula is C10H10Br2O2. The summed E-state index contributed by atoms with van der Waals surface area (Å²) >= 11 is 6.71. The molecule has 0 atom stereocenters. The number of aryl methyl sites for hydroxylation is 1. The number of hydrogen-bond acceptors (Lipinski definition) is 2. The van der Waals surface area contributed by atoms with Crippen molar-refractivity contribution in [3.63, 3.8) is 0 Å². The second-order valence-corrected chi connectivity index (χ2v) is 4.39. The second-order valence-electron chi connectivity index (χ2n) is 2.74. The molecular weight excluding hydrogens is 312 g/mol. The van der Waals surface area contributed by atoms with Crippen molar-refractivity contribution in [1.29, 1.82) is 0 Å². The predicted molar refractivity (Wildman–Crippen MR) is 63.0 cm³/mol. The number of ether oxygens (including phenoxy) is 1. The van der Waals surface area contributed by atoms with Crippen LogP contribution in [-0.4, -0.2) is 18.4 Å². The lowest BCUT2D eigenvalue weighted by Gasteiger charge is -2.04. The third kappa shape index (κ3) is 2.82. The molecule has 0 N–H and O–H groups in total. The predicted octanol–water partition coefficient (Wildman–Crippen LogP) is 3.17. The van der Waals surface area contributed by atoms with E-state index in [2.05, 4.69) is 36.6 Å². The maximum atomic E-state index is 11.2.